The second kappa shape index (κ2) is 7.90. The first-order valence-corrected chi connectivity index (χ1v) is 9.49. The fourth-order valence-electron chi connectivity index (χ4n) is 3.49. The third-order valence-electron chi connectivity index (χ3n) is 5.09. The van der Waals surface area contributed by atoms with Gasteiger partial charge in [-0.1, -0.05) is 12.1 Å². The van der Waals surface area contributed by atoms with Crippen molar-refractivity contribution in [1.82, 2.24) is 19.3 Å². The van der Waals surface area contributed by atoms with Crippen molar-refractivity contribution >= 4 is 22.6 Å². The highest BCUT2D eigenvalue weighted by Crippen LogP contribution is 2.27. The van der Waals surface area contributed by atoms with E-state index >= 15 is 0 Å². The highest BCUT2D eigenvalue weighted by atomic mass is 16.5. The molecule has 3 aromatic heterocycles. The Labute approximate surface area is 172 Å². The monoisotopic (exact) mass is 406 g/mol. The van der Waals surface area contributed by atoms with Crippen LogP contribution in [0.1, 0.15) is 16.1 Å². The minimum atomic E-state index is -0.260. The zero-order valence-corrected chi connectivity index (χ0v) is 17.0. The molecule has 0 saturated heterocycles. The summed E-state index contributed by atoms with van der Waals surface area (Å²) in [7, 11) is 4.91. The summed E-state index contributed by atoms with van der Waals surface area (Å²) < 4.78 is 13.7. The Morgan fingerprint density at radius 3 is 2.67 bits per heavy atom. The van der Waals surface area contributed by atoms with E-state index < -0.39 is 0 Å². The van der Waals surface area contributed by atoms with Gasteiger partial charge in [0, 0.05) is 19.8 Å². The Hall–Kier alpha value is -3.81. The normalized spacial score (nSPS) is 11.0. The van der Waals surface area contributed by atoms with Crippen LogP contribution in [-0.4, -0.2) is 40.6 Å². The number of benzene rings is 1. The maximum Gasteiger partial charge on any atom is 0.267 e. The Kier molecular flexibility index (Phi) is 5.14. The van der Waals surface area contributed by atoms with E-state index in [-0.39, 0.29) is 11.5 Å². The zero-order valence-electron chi connectivity index (χ0n) is 17.0. The first kappa shape index (κ1) is 19.5. The van der Waals surface area contributed by atoms with Gasteiger partial charge < -0.3 is 19.4 Å². The molecule has 0 aliphatic carbocycles. The Morgan fingerprint density at radius 1 is 1.10 bits per heavy atom. The summed E-state index contributed by atoms with van der Waals surface area (Å²) in [6.45, 7) is 0.435. The van der Waals surface area contributed by atoms with Crippen LogP contribution in [0.2, 0.25) is 0 Å². The van der Waals surface area contributed by atoms with Crippen molar-refractivity contribution in [3.63, 3.8) is 0 Å². The molecule has 0 aliphatic rings. The van der Waals surface area contributed by atoms with Crippen molar-refractivity contribution in [2.45, 2.75) is 6.42 Å². The molecule has 3 heterocycles. The van der Waals surface area contributed by atoms with E-state index in [2.05, 4.69) is 10.3 Å². The summed E-state index contributed by atoms with van der Waals surface area (Å²) in [6, 6.07) is 12.6. The highest BCUT2D eigenvalue weighted by Gasteiger charge is 2.17. The van der Waals surface area contributed by atoms with E-state index in [4.69, 9.17) is 9.47 Å². The third kappa shape index (κ3) is 3.36. The number of carbonyl (C=O) groups is 1. The van der Waals surface area contributed by atoms with E-state index in [0.717, 1.165) is 5.56 Å². The number of aromatic nitrogens is 3. The van der Waals surface area contributed by atoms with Crippen LogP contribution in [-0.2, 0) is 13.5 Å². The first-order valence-electron chi connectivity index (χ1n) is 9.49. The number of pyridine rings is 1. The summed E-state index contributed by atoms with van der Waals surface area (Å²) in [4.78, 5) is 30.0. The van der Waals surface area contributed by atoms with Gasteiger partial charge in [-0.3, -0.25) is 14.0 Å². The minimum absolute atomic E-state index is 0.199. The predicted molar refractivity (Wildman–Crippen MR) is 114 cm³/mol. The Bertz CT molecular complexity index is 1310. The highest BCUT2D eigenvalue weighted by molar-refractivity contribution is 5.98. The molecule has 0 saturated carbocycles. The van der Waals surface area contributed by atoms with E-state index in [0.29, 0.717) is 46.8 Å². The van der Waals surface area contributed by atoms with Crippen LogP contribution in [0.25, 0.3) is 16.7 Å². The maximum absolute atomic E-state index is 12.7. The number of aryl methyl sites for hydroxylation is 1. The molecule has 1 N–H and O–H groups in total. The lowest BCUT2D eigenvalue weighted by Crippen LogP contribution is -2.27. The lowest BCUT2D eigenvalue weighted by Gasteiger charge is -2.10. The van der Waals surface area contributed by atoms with E-state index in [1.54, 1.807) is 50.2 Å². The lowest BCUT2D eigenvalue weighted by atomic mass is 10.1. The molecule has 0 aliphatic heterocycles. The van der Waals surface area contributed by atoms with Gasteiger partial charge in [0.05, 0.1) is 19.6 Å². The number of ether oxygens (including phenoxy) is 2. The lowest BCUT2D eigenvalue weighted by molar-refractivity contribution is 0.0946. The number of hydrogen-bond acceptors (Lipinski definition) is 5. The molecule has 4 aromatic rings. The summed E-state index contributed by atoms with van der Waals surface area (Å²) in [5.41, 5.74) is 2.22. The molecule has 1 amide bonds. The fraction of sp³-hybridized carbons (Fsp3) is 0.227. The third-order valence-corrected chi connectivity index (χ3v) is 5.09. The van der Waals surface area contributed by atoms with Crippen molar-refractivity contribution < 1.29 is 14.3 Å². The summed E-state index contributed by atoms with van der Waals surface area (Å²) in [5.74, 6) is 1.05. The van der Waals surface area contributed by atoms with E-state index in [1.165, 1.54) is 4.40 Å². The average molecular weight is 406 g/mol. The molecule has 0 radical (unpaired) electrons. The molecular formula is C22H22N4O4. The fourth-order valence-corrected chi connectivity index (χ4v) is 3.49. The second-order valence-electron chi connectivity index (χ2n) is 6.87. The number of amides is 1. The van der Waals surface area contributed by atoms with Gasteiger partial charge in [-0.15, -0.1) is 0 Å². The number of hydrogen-bond donors (Lipinski definition) is 1. The second-order valence-corrected chi connectivity index (χ2v) is 6.87. The van der Waals surface area contributed by atoms with Gasteiger partial charge >= 0.3 is 0 Å². The van der Waals surface area contributed by atoms with Crippen LogP contribution >= 0.6 is 0 Å². The van der Waals surface area contributed by atoms with Gasteiger partial charge in [0.25, 0.3) is 11.5 Å². The van der Waals surface area contributed by atoms with Crippen molar-refractivity contribution in [1.29, 1.82) is 0 Å². The molecule has 1 aromatic carbocycles. The van der Waals surface area contributed by atoms with Crippen molar-refractivity contribution in [2.75, 3.05) is 20.8 Å². The molecule has 4 rings (SSSR count). The quantitative estimate of drug-likeness (QED) is 0.530. The number of rotatable bonds is 6. The number of fused-ring (bicyclic) bond motifs is 2. The largest absolute Gasteiger partial charge is 0.493 e. The molecule has 0 spiro atoms. The van der Waals surface area contributed by atoms with Gasteiger partial charge in [-0.05, 0) is 42.3 Å². The van der Waals surface area contributed by atoms with Gasteiger partial charge in [0.2, 0.25) is 0 Å². The van der Waals surface area contributed by atoms with Crippen LogP contribution < -0.4 is 20.3 Å². The molecule has 154 valence electrons. The van der Waals surface area contributed by atoms with E-state index in [1.807, 2.05) is 24.3 Å². The summed E-state index contributed by atoms with van der Waals surface area (Å²) in [5, 5.41) is 3.32. The van der Waals surface area contributed by atoms with Crippen LogP contribution in [0.15, 0.2) is 53.5 Å². The van der Waals surface area contributed by atoms with Gasteiger partial charge in [0.15, 0.2) is 11.5 Å². The molecular weight excluding hydrogens is 384 g/mol. The summed E-state index contributed by atoms with van der Waals surface area (Å²) in [6.07, 6.45) is 2.29. The zero-order chi connectivity index (χ0) is 21.3. The van der Waals surface area contributed by atoms with Gasteiger partial charge in [0.1, 0.15) is 17.0 Å². The van der Waals surface area contributed by atoms with Crippen molar-refractivity contribution in [2.24, 2.45) is 7.05 Å². The van der Waals surface area contributed by atoms with Crippen LogP contribution in [0.4, 0.5) is 0 Å². The number of carbonyl (C=O) groups excluding carboxylic acids is 1. The molecule has 0 unspecified atom stereocenters. The van der Waals surface area contributed by atoms with Crippen LogP contribution in [0.3, 0.4) is 0 Å². The van der Waals surface area contributed by atoms with Gasteiger partial charge in [-0.25, -0.2) is 4.98 Å². The standard InChI is InChI=1S/C22H22N4O4/c1-25-16(13-15-20(25)24-19-6-4-5-11-26(19)22(15)28)21(27)23-10-9-14-7-8-17(29-2)18(12-14)30-3/h4-8,11-13H,9-10H2,1-3H3,(H,23,27). The Balaban J connectivity index is 1.54. The first-order chi connectivity index (χ1) is 14.5. The minimum Gasteiger partial charge on any atom is -0.493 e. The maximum atomic E-state index is 12.7. The number of nitrogens with one attached hydrogen (secondary N) is 1. The SMILES string of the molecule is COc1ccc(CCNC(=O)c2cc3c(=O)n4ccccc4nc3n2C)cc1OC. The molecule has 30 heavy (non-hydrogen) atoms. The number of nitrogens with zero attached hydrogens (tertiary/aromatic N) is 3. The summed E-state index contributed by atoms with van der Waals surface area (Å²) >= 11 is 0. The molecule has 0 atom stereocenters. The molecule has 0 fully saturated rings. The molecule has 0 bridgehead atoms. The molecule has 8 heteroatoms. The van der Waals surface area contributed by atoms with Gasteiger partial charge in [-0.2, -0.15) is 0 Å². The van der Waals surface area contributed by atoms with Crippen molar-refractivity contribution in [3.8, 4) is 11.5 Å². The number of methoxy groups -OCH3 is 2. The Morgan fingerprint density at radius 2 is 1.90 bits per heavy atom. The molecule has 8 nitrogen and oxygen atoms in total. The van der Waals surface area contributed by atoms with E-state index in [9.17, 15) is 9.59 Å². The van der Waals surface area contributed by atoms with Crippen molar-refractivity contribution in [3.05, 3.63) is 70.3 Å². The predicted octanol–water partition coefficient (Wildman–Crippen LogP) is 2.18. The topological polar surface area (TPSA) is 86.9 Å². The average Bonchev–Trinajstić information content (AvgIpc) is 3.10. The smallest absolute Gasteiger partial charge is 0.267 e. The van der Waals surface area contributed by atoms with Crippen LogP contribution in [0, 0.1) is 0 Å². The van der Waals surface area contributed by atoms with Crippen LogP contribution in [0.5, 0.6) is 11.5 Å².